The van der Waals surface area contributed by atoms with Gasteiger partial charge in [-0.1, -0.05) is 12.1 Å². The molecule has 1 aromatic heterocycles. The van der Waals surface area contributed by atoms with Crippen molar-refractivity contribution in [3.05, 3.63) is 41.2 Å². The van der Waals surface area contributed by atoms with Gasteiger partial charge in [-0.25, -0.2) is 4.68 Å². The highest BCUT2D eigenvalue weighted by molar-refractivity contribution is 5.25. The van der Waals surface area contributed by atoms with E-state index in [9.17, 15) is 13.2 Å². The second-order valence-corrected chi connectivity index (χ2v) is 4.18. The lowest BCUT2D eigenvalue weighted by molar-refractivity contribution is -0.137. The zero-order valence-electron chi connectivity index (χ0n) is 10.1. The van der Waals surface area contributed by atoms with E-state index in [1.54, 1.807) is 13.0 Å². The van der Waals surface area contributed by atoms with Crippen molar-refractivity contribution in [2.75, 3.05) is 0 Å². The van der Waals surface area contributed by atoms with E-state index < -0.39 is 11.7 Å². The minimum Gasteiger partial charge on any atom is -0.322 e. The van der Waals surface area contributed by atoms with E-state index in [0.717, 1.165) is 12.1 Å². The molecule has 0 bridgehead atoms. The van der Waals surface area contributed by atoms with Gasteiger partial charge in [0.2, 0.25) is 0 Å². The molecule has 0 radical (unpaired) electrons. The number of aromatic nitrogens is 4. The van der Waals surface area contributed by atoms with Gasteiger partial charge in [-0.15, -0.1) is 5.10 Å². The van der Waals surface area contributed by atoms with Crippen molar-refractivity contribution in [2.24, 2.45) is 5.73 Å². The topological polar surface area (TPSA) is 69.6 Å². The Morgan fingerprint density at radius 3 is 2.74 bits per heavy atom. The Labute approximate surface area is 107 Å². The van der Waals surface area contributed by atoms with E-state index in [0.29, 0.717) is 11.4 Å². The lowest BCUT2D eigenvalue weighted by atomic mass is 10.1. The third-order valence-electron chi connectivity index (χ3n) is 2.55. The van der Waals surface area contributed by atoms with Crippen LogP contribution in [-0.4, -0.2) is 20.2 Å². The van der Waals surface area contributed by atoms with E-state index >= 15 is 0 Å². The summed E-state index contributed by atoms with van der Waals surface area (Å²) >= 11 is 0. The summed E-state index contributed by atoms with van der Waals surface area (Å²) in [5, 5.41) is 10.9. The largest absolute Gasteiger partial charge is 0.416 e. The molecule has 2 N–H and O–H groups in total. The third-order valence-corrected chi connectivity index (χ3v) is 2.55. The number of nitrogens with two attached hydrogens (primary N) is 1. The average Bonchev–Trinajstić information content (AvgIpc) is 2.76. The second kappa shape index (κ2) is 4.96. The minimum atomic E-state index is -4.36. The Morgan fingerprint density at radius 1 is 1.37 bits per heavy atom. The highest BCUT2D eigenvalue weighted by Crippen LogP contribution is 2.29. The highest BCUT2D eigenvalue weighted by Gasteiger charge is 2.30. The molecule has 0 spiro atoms. The molecule has 0 amide bonds. The second-order valence-electron chi connectivity index (χ2n) is 4.18. The number of benzene rings is 1. The molecule has 0 saturated carbocycles. The van der Waals surface area contributed by atoms with Crippen LogP contribution in [0.3, 0.4) is 0 Å². The molecule has 0 fully saturated rings. The van der Waals surface area contributed by atoms with Gasteiger partial charge in [0.1, 0.15) is 0 Å². The van der Waals surface area contributed by atoms with Gasteiger partial charge < -0.3 is 5.73 Å². The van der Waals surface area contributed by atoms with E-state index in [4.69, 9.17) is 5.73 Å². The Bertz CT molecular complexity index is 561. The summed E-state index contributed by atoms with van der Waals surface area (Å²) in [6.07, 6.45) is -4.36. The number of hydrogen-bond donors (Lipinski definition) is 1. The van der Waals surface area contributed by atoms with Gasteiger partial charge in [-0.2, -0.15) is 13.2 Å². The average molecular weight is 271 g/mol. The normalized spacial score (nSPS) is 13.5. The number of rotatable bonds is 3. The Balaban J connectivity index is 2.26. The molecule has 1 atom stereocenters. The third kappa shape index (κ3) is 3.08. The maximum absolute atomic E-state index is 12.6. The fourth-order valence-electron chi connectivity index (χ4n) is 1.67. The predicted molar refractivity (Wildman–Crippen MR) is 61.0 cm³/mol. The summed E-state index contributed by atoms with van der Waals surface area (Å²) in [6, 6.07) is 4.65. The Kier molecular flexibility index (Phi) is 3.52. The van der Waals surface area contributed by atoms with Crippen molar-refractivity contribution in [1.29, 1.82) is 0 Å². The standard InChI is InChI=1S/C11H12F3N5/c1-7(15)10-16-17-18-19(10)6-8-3-2-4-9(5-8)11(12,13)14/h2-5,7H,6,15H2,1H3. The molecule has 102 valence electrons. The van der Waals surface area contributed by atoms with Crippen LogP contribution >= 0.6 is 0 Å². The quantitative estimate of drug-likeness (QED) is 0.923. The van der Waals surface area contributed by atoms with Crippen molar-refractivity contribution < 1.29 is 13.2 Å². The molecule has 1 aromatic carbocycles. The van der Waals surface area contributed by atoms with Crippen LogP contribution in [0.5, 0.6) is 0 Å². The van der Waals surface area contributed by atoms with Crippen LogP contribution in [-0.2, 0) is 12.7 Å². The van der Waals surface area contributed by atoms with Crippen LogP contribution in [0.15, 0.2) is 24.3 Å². The zero-order chi connectivity index (χ0) is 14.0. The summed E-state index contributed by atoms with van der Waals surface area (Å²) in [4.78, 5) is 0. The van der Waals surface area contributed by atoms with Gasteiger partial charge in [0.15, 0.2) is 5.82 Å². The van der Waals surface area contributed by atoms with Crippen LogP contribution in [0, 0.1) is 0 Å². The van der Waals surface area contributed by atoms with Crippen molar-refractivity contribution >= 4 is 0 Å². The first kappa shape index (κ1) is 13.5. The van der Waals surface area contributed by atoms with Gasteiger partial charge in [-0.05, 0) is 35.0 Å². The lowest BCUT2D eigenvalue weighted by Gasteiger charge is -2.10. The van der Waals surface area contributed by atoms with Crippen LogP contribution in [0.1, 0.15) is 29.9 Å². The van der Waals surface area contributed by atoms with Crippen LogP contribution in [0.2, 0.25) is 0 Å². The van der Waals surface area contributed by atoms with Gasteiger partial charge >= 0.3 is 6.18 Å². The van der Waals surface area contributed by atoms with Crippen LogP contribution < -0.4 is 5.73 Å². The molecular formula is C11H12F3N5. The van der Waals surface area contributed by atoms with Crippen molar-refractivity contribution in [1.82, 2.24) is 20.2 Å². The predicted octanol–water partition coefficient (Wildman–Crippen LogP) is 1.76. The number of tetrazole rings is 1. The Morgan fingerprint density at radius 2 is 2.11 bits per heavy atom. The summed E-state index contributed by atoms with van der Waals surface area (Å²) in [6.45, 7) is 1.85. The molecule has 1 unspecified atom stereocenters. The SMILES string of the molecule is CC(N)c1nnnn1Cc1cccc(C(F)(F)F)c1. The summed E-state index contributed by atoms with van der Waals surface area (Å²) < 4.78 is 39.2. The molecule has 0 aliphatic heterocycles. The van der Waals surface area contributed by atoms with E-state index in [2.05, 4.69) is 15.5 Å². The Hall–Kier alpha value is -1.96. The maximum atomic E-state index is 12.6. The van der Waals surface area contributed by atoms with Gasteiger partial charge in [0, 0.05) is 0 Å². The first-order chi connectivity index (χ1) is 8.88. The highest BCUT2D eigenvalue weighted by atomic mass is 19.4. The maximum Gasteiger partial charge on any atom is 0.416 e. The molecule has 0 saturated heterocycles. The van der Waals surface area contributed by atoms with Crippen molar-refractivity contribution in [2.45, 2.75) is 25.7 Å². The first-order valence-corrected chi connectivity index (χ1v) is 5.55. The first-order valence-electron chi connectivity index (χ1n) is 5.55. The van der Waals surface area contributed by atoms with Crippen LogP contribution in [0.25, 0.3) is 0 Å². The van der Waals surface area contributed by atoms with Crippen LogP contribution in [0.4, 0.5) is 13.2 Å². The van der Waals surface area contributed by atoms with E-state index in [-0.39, 0.29) is 12.6 Å². The van der Waals surface area contributed by atoms with Gasteiger partial charge in [0.25, 0.3) is 0 Å². The van der Waals surface area contributed by atoms with Crippen molar-refractivity contribution in [3.63, 3.8) is 0 Å². The number of nitrogens with zero attached hydrogens (tertiary/aromatic N) is 4. The van der Waals surface area contributed by atoms with Gasteiger partial charge in [-0.3, -0.25) is 0 Å². The zero-order valence-corrected chi connectivity index (χ0v) is 10.1. The molecule has 0 aliphatic carbocycles. The van der Waals surface area contributed by atoms with Crippen molar-refractivity contribution in [3.8, 4) is 0 Å². The summed E-state index contributed by atoms with van der Waals surface area (Å²) in [5.74, 6) is 0.428. The molecule has 2 rings (SSSR count). The summed E-state index contributed by atoms with van der Waals surface area (Å²) in [7, 11) is 0. The minimum absolute atomic E-state index is 0.147. The summed E-state index contributed by atoms with van der Waals surface area (Å²) in [5.41, 5.74) is 5.44. The molecule has 8 heteroatoms. The molecule has 5 nitrogen and oxygen atoms in total. The number of hydrogen-bond acceptors (Lipinski definition) is 4. The smallest absolute Gasteiger partial charge is 0.322 e. The molecule has 19 heavy (non-hydrogen) atoms. The number of alkyl halides is 3. The van der Waals surface area contributed by atoms with Gasteiger partial charge in [0.05, 0.1) is 18.2 Å². The monoisotopic (exact) mass is 271 g/mol. The molecular weight excluding hydrogens is 259 g/mol. The fraction of sp³-hybridized carbons (Fsp3) is 0.364. The molecule has 0 aliphatic rings. The molecule has 1 heterocycles. The van der Waals surface area contributed by atoms with E-state index in [1.807, 2.05) is 0 Å². The lowest BCUT2D eigenvalue weighted by Crippen LogP contribution is -2.15. The number of halogens is 3. The van der Waals surface area contributed by atoms with E-state index in [1.165, 1.54) is 10.7 Å². The molecule has 2 aromatic rings. The fourth-order valence-corrected chi connectivity index (χ4v) is 1.67.